The number of rotatable bonds is 5. The van der Waals surface area contributed by atoms with E-state index in [0.717, 1.165) is 12.8 Å². The molecule has 42 heavy (non-hydrogen) atoms. The summed E-state index contributed by atoms with van der Waals surface area (Å²) >= 11 is 0. The molecule has 0 radical (unpaired) electrons. The topological polar surface area (TPSA) is 175 Å². The van der Waals surface area contributed by atoms with Crippen LogP contribution in [0.3, 0.4) is 0 Å². The van der Waals surface area contributed by atoms with E-state index >= 15 is 0 Å². The molecule has 0 aliphatic heterocycles. The van der Waals surface area contributed by atoms with Gasteiger partial charge in [0, 0.05) is 23.4 Å². The number of carboxylic acid groups (broad SMARTS) is 1. The third-order valence-electron chi connectivity index (χ3n) is 6.40. The number of para-hydroxylation sites is 1. The maximum Gasteiger partial charge on any atom is 0.425 e. The molecular formula is C28H25N7O7. The standard InChI is InChI=1S/C28H25N7O7/c1-28(2,3)41-27(39)35(26(37)38)24-20-18(13-34(15-9-10-15)23(20)29-14-30-24)17-11-12-19(22-21(17)32-42-33-22)31-25(36)40-16-7-5-4-6-8-16/h4-8,11-15H,9-10H2,1-3H3,(H,31,36)(H,37,38). The lowest BCUT2D eigenvalue weighted by Gasteiger charge is -2.24. The number of amides is 3. The number of aromatic nitrogens is 5. The number of hydrogen-bond acceptors (Lipinski definition) is 10. The van der Waals surface area contributed by atoms with Crippen LogP contribution in [0.1, 0.15) is 39.7 Å². The lowest BCUT2D eigenvalue weighted by atomic mass is 10.0. The molecule has 214 valence electrons. The highest BCUT2D eigenvalue weighted by Crippen LogP contribution is 2.44. The second-order valence-corrected chi connectivity index (χ2v) is 10.6. The molecule has 1 aliphatic carbocycles. The van der Waals surface area contributed by atoms with E-state index in [4.69, 9.17) is 14.1 Å². The van der Waals surface area contributed by atoms with Crippen molar-refractivity contribution in [3.63, 3.8) is 0 Å². The van der Waals surface area contributed by atoms with E-state index < -0.39 is 23.9 Å². The molecule has 14 nitrogen and oxygen atoms in total. The minimum absolute atomic E-state index is 0.142. The molecular weight excluding hydrogens is 546 g/mol. The summed E-state index contributed by atoms with van der Waals surface area (Å²) in [6, 6.07) is 12.0. The largest absolute Gasteiger partial charge is 0.464 e. The molecule has 5 aromatic rings. The molecule has 0 bridgehead atoms. The molecule has 1 aliphatic rings. The van der Waals surface area contributed by atoms with Crippen LogP contribution in [-0.4, -0.2) is 53.8 Å². The van der Waals surface area contributed by atoms with Crippen molar-refractivity contribution in [2.75, 3.05) is 10.2 Å². The smallest absolute Gasteiger partial charge is 0.425 e. The molecule has 3 aromatic heterocycles. The number of benzene rings is 2. The van der Waals surface area contributed by atoms with Crippen LogP contribution in [0.2, 0.25) is 0 Å². The maximum absolute atomic E-state index is 13.1. The predicted octanol–water partition coefficient (Wildman–Crippen LogP) is 6.00. The van der Waals surface area contributed by atoms with E-state index in [1.54, 1.807) is 63.2 Å². The van der Waals surface area contributed by atoms with E-state index in [9.17, 15) is 19.5 Å². The first-order valence-corrected chi connectivity index (χ1v) is 13.0. The van der Waals surface area contributed by atoms with Crippen molar-refractivity contribution < 1.29 is 33.6 Å². The van der Waals surface area contributed by atoms with Crippen LogP contribution in [0.25, 0.3) is 33.2 Å². The Bertz CT molecular complexity index is 1840. The van der Waals surface area contributed by atoms with E-state index in [-0.39, 0.29) is 28.6 Å². The summed E-state index contributed by atoms with van der Waals surface area (Å²) in [5, 5.41) is 21.1. The summed E-state index contributed by atoms with van der Waals surface area (Å²) in [7, 11) is 0. The SMILES string of the molecule is CC(C)(C)OC(=O)N(C(=O)O)c1ncnc2c1c(-c1ccc(NC(=O)Oc3ccccc3)c3nonc13)cn2C1CC1. The van der Waals surface area contributed by atoms with Crippen LogP contribution in [0.15, 0.2) is 59.6 Å². The van der Waals surface area contributed by atoms with Crippen LogP contribution in [0.5, 0.6) is 5.75 Å². The van der Waals surface area contributed by atoms with Crippen LogP contribution in [-0.2, 0) is 4.74 Å². The molecule has 6 rings (SSSR count). The zero-order valence-electron chi connectivity index (χ0n) is 22.8. The minimum Gasteiger partial charge on any atom is -0.464 e. The Kier molecular flexibility index (Phi) is 6.44. The van der Waals surface area contributed by atoms with Crippen LogP contribution in [0.4, 0.5) is 25.9 Å². The van der Waals surface area contributed by atoms with Gasteiger partial charge in [-0.3, -0.25) is 5.32 Å². The van der Waals surface area contributed by atoms with Gasteiger partial charge in [-0.1, -0.05) is 18.2 Å². The van der Waals surface area contributed by atoms with Gasteiger partial charge in [0.15, 0.2) is 11.3 Å². The normalized spacial score (nSPS) is 13.2. The Morgan fingerprint density at radius 3 is 2.45 bits per heavy atom. The summed E-state index contributed by atoms with van der Waals surface area (Å²) in [6.45, 7) is 4.90. The fraction of sp³-hybridized carbons (Fsp3) is 0.250. The van der Waals surface area contributed by atoms with Gasteiger partial charge in [0.2, 0.25) is 0 Å². The zero-order valence-corrected chi connectivity index (χ0v) is 22.8. The van der Waals surface area contributed by atoms with Gasteiger partial charge in [0.05, 0.1) is 11.1 Å². The Morgan fingerprint density at radius 2 is 1.76 bits per heavy atom. The van der Waals surface area contributed by atoms with Crippen molar-refractivity contribution >= 4 is 51.9 Å². The quantitative estimate of drug-likeness (QED) is 0.253. The fourth-order valence-electron chi connectivity index (χ4n) is 4.55. The van der Waals surface area contributed by atoms with Crippen molar-refractivity contribution in [3.8, 4) is 16.9 Å². The Labute approximate surface area is 237 Å². The molecule has 0 atom stereocenters. The van der Waals surface area contributed by atoms with Gasteiger partial charge in [0.25, 0.3) is 0 Å². The number of carbonyl (C=O) groups is 3. The van der Waals surface area contributed by atoms with Crippen molar-refractivity contribution in [1.82, 2.24) is 24.8 Å². The number of anilines is 2. The second kappa shape index (κ2) is 10.1. The number of nitrogens with zero attached hydrogens (tertiary/aromatic N) is 6. The Balaban J connectivity index is 1.46. The highest BCUT2D eigenvalue weighted by atomic mass is 16.6. The first-order chi connectivity index (χ1) is 20.1. The summed E-state index contributed by atoms with van der Waals surface area (Å²) < 4.78 is 17.7. The van der Waals surface area contributed by atoms with Gasteiger partial charge in [0.1, 0.15) is 28.8 Å². The number of imide groups is 1. The molecule has 1 saturated carbocycles. The van der Waals surface area contributed by atoms with E-state index in [1.807, 2.05) is 10.8 Å². The van der Waals surface area contributed by atoms with E-state index in [2.05, 4.69) is 25.6 Å². The summed E-state index contributed by atoms with van der Waals surface area (Å²) in [5.74, 6) is 0.184. The fourth-order valence-corrected chi connectivity index (χ4v) is 4.55. The van der Waals surface area contributed by atoms with Gasteiger partial charge < -0.3 is 19.1 Å². The first kappa shape index (κ1) is 26.7. The number of fused-ring (bicyclic) bond motifs is 2. The third-order valence-corrected chi connectivity index (χ3v) is 6.40. The second-order valence-electron chi connectivity index (χ2n) is 10.6. The van der Waals surface area contributed by atoms with Gasteiger partial charge >= 0.3 is 18.3 Å². The Morgan fingerprint density at radius 1 is 1.02 bits per heavy atom. The van der Waals surface area contributed by atoms with Gasteiger partial charge in [-0.05, 0) is 68.2 Å². The average Bonchev–Trinajstić information content (AvgIpc) is 3.50. The van der Waals surface area contributed by atoms with Crippen LogP contribution in [0, 0.1) is 0 Å². The van der Waals surface area contributed by atoms with E-state index in [0.29, 0.717) is 32.8 Å². The molecule has 2 N–H and O–H groups in total. The molecule has 3 amide bonds. The lowest BCUT2D eigenvalue weighted by Crippen LogP contribution is -2.40. The van der Waals surface area contributed by atoms with Crippen molar-refractivity contribution in [2.45, 2.75) is 45.3 Å². The maximum atomic E-state index is 13.1. The lowest BCUT2D eigenvalue weighted by molar-refractivity contribution is 0.0581. The van der Waals surface area contributed by atoms with E-state index in [1.165, 1.54) is 6.33 Å². The van der Waals surface area contributed by atoms with Crippen LogP contribution >= 0.6 is 0 Å². The summed E-state index contributed by atoms with van der Waals surface area (Å²) in [4.78, 5) is 47.1. The zero-order chi connectivity index (χ0) is 29.6. The number of ether oxygens (including phenoxy) is 2. The molecule has 0 unspecified atom stereocenters. The summed E-state index contributed by atoms with van der Waals surface area (Å²) in [6.07, 6.45) is 1.42. The first-order valence-electron chi connectivity index (χ1n) is 13.0. The van der Waals surface area contributed by atoms with Gasteiger partial charge in [-0.2, -0.15) is 4.90 Å². The number of nitrogens with one attached hydrogen (secondary N) is 1. The highest BCUT2D eigenvalue weighted by molar-refractivity contribution is 6.17. The minimum atomic E-state index is -1.57. The van der Waals surface area contributed by atoms with Gasteiger partial charge in [-0.25, -0.2) is 29.0 Å². The van der Waals surface area contributed by atoms with Crippen molar-refractivity contribution in [1.29, 1.82) is 0 Å². The highest BCUT2D eigenvalue weighted by Gasteiger charge is 2.35. The average molecular weight is 572 g/mol. The third kappa shape index (κ3) is 5.05. The van der Waals surface area contributed by atoms with Gasteiger partial charge in [-0.15, -0.1) is 0 Å². The molecule has 2 aromatic carbocycles. The predicted molar refractivity (Wildman–Crippen MR) is 149 cm³/mol. The Hall–Kier alpha value is -5.53. The number of carbonyl (C=O) groups excluding carboxylic acids is 2. The molecule has 14 heteroatoms. The van der Waals surface area contributed by atoms with Crippen molar-refractivity contribution in [2.24, 2.45) is 0 Å². The molecule has 0 saturated heterocycles. The summed E-state index contributed by atoms with van der Waals surface area (Å²) in [5.41, 5.74) is 1.24. The molecule has 1 fully saturated rings. The number of hydrogen-bond donors (Lipinski definition) is 2. The van der Waals surface area contributed by atoms with Crippen molar-refractivity contribution in [3.05, 3.63) is 55.0 Å². The van der Waals surface area contributed by atoms with Crippen LogP contribution < -0.4 is 15.0 Å². The molecule has 0 spiro atoms. The molecule has 3 heterocycles. The monoisotopic (exact) mass is 571 g/mol.